The third-order valence-corrected chi connectivity index (χ3v) is 3.47. The fourth-order valence-electron chi connectivity index (χ4n) is 1.55. The summed E-state index contributed by atoms with van der Waals surface area (Å²) in [5.74, 6) is 0. The van der Waals surface area contributed by atoms with Gasteiger partial charge < -0.3 is 9.07 Å². The monoisotopic (exact) mass is 220 g/mol. The smallest absolute Gasteiger partial charge is 0.345 e. The van der Waals surface area contributed by atoms with Crippen molar-refractivity contribution in [3.63, 3.8) is 0 Å². The van der Waals surface area contributed by atoms with Gasteiger partial charge in [-0.05, 0) is 17.4 Å². The van der Waals surface area contributed by atoms with Crippen molar-refractivity contribution in [1.29, 1.82) is 0 Å². The van der Waals surface area contributed by atoms with Crippen LogP contribution in [0.3, 0.4) is 0 Å². The van der Waals surface area contributed by atoms with E-state index in [0.29, 0.717) is 5.41 Å². The first kappa shape index (κ1) is 12.3. The molecule has 0 bridgehead atoms. The predicted molar refractivity (Wildman–Crippen MR) is 64.9 cm³/mol. The summed E-state index contributed by atoms with van der Waals surface area (Å²) in [6, 6.07) is 8.91. The highest BCUT2D eigenvalue weighted by Crippen LogP contribution is 2.20. The second-order valence-electron chi connectivity index (χ2n) is 4.99. The Morgan fingerprint density at radius 1 is 1.07 bits per heavy atom. The summed E-state index contributed by atoms with van der Waals surface area (Å²) in [4.78, 5) is 0. The largest absolute Gasteiger partial charge is 0.505 e. The Labute approximate surface area is 101 Å². The van der Waals surface area contributed by atoms with Gasteiger partial charge in [-0.3, -0.25) is 0 Å². The molecule has 0 saturated carbocycles. The van der Waals surface area contributed by atoms with Gasteiger partial charge in [-0.2, -0.15) is 0 Å². The van der Waals surface area contributed by atoms with Crippen LogP contribution in [0.1, 0.15) is 31.9 Å². The summed E-state index contributed by atoms with van der Waals surface area (Å²) in [6.45, 7) is 6.81. The van der Waals surface area contributed by atoms with Crippen LogP contribution >= 0.6 is 9.07 Å². The van der Waals surface area contributed by atoms with Gasteiger partial charge in [0.1, 0.15) is 0 Å². The molecule has 2 heteroatoms. The topological polar surface area (TPSA) is 0 Å². The zero-order valence-electron chi connectivity index (χ0n) is 9.31. The molecule has 0 atom stereocenters. The Balaban J connectivity index is 2.64. The normalized spacial score (nSPS) is 11.1. The van der Waals surface area contributed by atoms with Crippen LogP contribution in [0.5, 0.6) is 0 Å². The summed E-state index contributed by atoms with van der Waals surface area (Å²) in [6.07, 6.45) is 1.14. The average molecular weight is 221 g/mol. The van der Waals surface area contributed by atoms with Gasteiger partial charge in [0.15, 0.2) is 0 Å². The van der Waals surface area contributed by atoms with Crippen LogP contribution in [0.25, 0.3) is 0 Å². The standard InChI is InChI=1S/C12H17.ClH.Mg/c1-10-5-7-11(8-6-10)9-12(2,3)4;;/h5-8H,1,9H2,2-4H3;1H;/q;;+1/p-1. The lowest BCUT2D eigenvalue weighted by Gasteiger charge is -2.18. The maximum Gasteiger partial charge on any atom is 0.505 e. The van der Waals surface area contributed by atoms with E-state index >= 15 is 0 Å². The molecule has 74 valence electrons. The van der Waals surface area contributed by atoms with E-state index in [-0.39, 0.29) is 19.3 Å². The SMILES string of the molecule is CC(C)(C)Cc1ccc([CH2][Mg][Cl])cc1. The summed E-state index contributed by atoms with van der Waals surface area (Å²) in [7, 11) is 5.82. The molecule has 0 N–H and O–H groups in total. The molecule has 0 aliphatic rings. The molecular weight excluding hydrogens is 204 g/mol. The molecule has 0 nitrogen and oxygen atoms in total. The highest BCUT2D eigenvalue weighted by Gasteiger charge is 2.10. The number of halogens is 1. The minimum absolute atomic E-state index is 0.358. The molecule has 0 aliphatic carbocycles. The van der Waals surface area contributed by atoms with E-state index in [1.807, 2.05) is 0 Å². The molecule has 0 aliphatic heterocycles. The zero-order chi connectivity index (χ0) is 10.6. The highest BCUT2D eigenvalue weighted by molar-refractivity contribution is 6.93. The van der Waals surface area contributed by atoms with Gasteiger partial charge >= 0.3 is 19.3 Å². The van der Waals surface area contributed by atoms with Gasteiger partial charge in [0.2, 0.25) is 0 Å². The molecule has 1 aromatic rings. The molecule has 0 saturated heterocycles. The average Bonchev–Trinajstić information content (AvgIpc) is 2.06. The summed E-state index contributed by atoms with van der Waals surface area (Å²) in [5.41, 5.74) is 3.20. The van der Waals surface area contributed by atoms with Crippen molar-refractivity contribution in [3.05, 3.63) is 35.4 Å². The Bertz CT molecular complexity index is 271. The minimum atomic E-state index is -0.358. The van der Waals surface area contributed by atoms with Crippen molar-refractivity contribution >= 4 is 28.3 Å². The van der Waals surface area contributed by atoms with Gasteiger partial charge in [-0.25, -0.2) is 0 Å². The fourth-order valence-corrected chi connectivity index (χ4v) is 2.75. The molecule has 0 aromatic heterocycles. The Hall–Kier alpha value is 0.276. The second-order valence-corrected chi connectivity index (χ2v) is 7.00. The maximum atomic E-state index is 5.82. The molecule has 0 heterocycles. The first-order valence-electron chi connectivity index (χ1n) is 5.15. The zero-order valence-corrected chi connectivity index (χ0v) is 11.5. The number of benzene rings is 1. The first-order chi connectivity index (χ1) is 6.51. The van der Waals surface area contributed by atoms with Gasteiger partial charge in [-0.15, -0.1) is 0 Å². The van der Waals surface area contributed by atoms with Crippen LogP contribution in [0.15, 0.2) is 24.3 Å². The van der Waals surface area contributed by atoms with Crippen LogP contribution in [-0.2, 0) is 11.0 Å². The lowest BCUT2D eigenvalue weighted by atomic mass is 9.88. The lowest BCUT2D eigenvalue weighted by molar-refractivity contribution is 0.411. The lowest BCUT2D eigenvalue weighted by Crippen LogP contribution is -2.09. The molecule has 0 spiro atoms. The summed E-state index contributed by atoms with van der Waals surface area (Å²) < 4.78 is 1.11. The van der Waals surface area contributed by atoms with E-state index < -0.39 is 0 Å². The van der Waals surface area contributed by atoms with Crippen molar-refractivity contribution in [2.24, 2.45) is 5.41 Å². The van der Waals surface area contributed by atoms with Gasteiger partial charge in [0.25, 0.3) is 0 Å². The molecule has 0 amide bonds. The van der Waals surface area contributed by atoms with Crippen molar-refractivity contribution in [2.75, 3.05) is 0 Å². The van der Waals surface area contributed by atoms with E-state index in [4.69, 9.17) is 9.07 Å². The molecule has 14 heavy (non-hydrogen) atoms. The maximum absolute atomic E-state index is 5.82. The van der Waals surface area contributed by atoms with Crippen molar-refractivity contribution < 1.29 is 0 Å². The van der Waals surface area contributed by atoms with E-state index in [0.717, 1.165) is 11.0 Å². The van der Waals surface area contributed by atoms with Crippen molar-refractivity contribution in [1.82, 2.24) is 0 Å². The third kappa shape index (κ3) is 4.67. The second kappa shape index (κ2) is 5.38. The van der Waals surface area contributed by atoms with Gasteiger partial charge in [-0.1, -0.05) is 55.2 Å². The fraction of sp³-hybridized carbons (Fsp3) is 0.500. The highest BCUT2D eigenvalue weighted by atomic mass is 35.5. The number of rotatable bonds is 3. The molecule has 0 unspecified atom stereocenters. The van der Waals surface area contributed by atoms with Crippen LogP contribution in [-0.4, -0.2) is 19.3 Å². The molecule has 1 aromatic carbocycles. The molecular formula is C12H17ClMg. The van der Waals surface area contributed by atoms with Crippen LogP contribution in [0, 0.1) is 5.41 Å². The van der Waals surface area contributed by atoms with Gasteiger partial charge in [0, 0.05) is 0 Å². The molecule has 0 radical (unpaired) electrons. The van der Waals surface area contributed by atoms with Crippen LogP contribution < -0.4 is 0 Å². The van der Waals surface area contributed by atoms with Crippen LogP contribution in [0.2, 0.25) is 0 Å². The van der Waals surface area contributed by atoms with Crippen molar-refractivity contribution in [3.8, 4) is 0 Å². The van der Waals surface area contributed by atoms with E-state index in [9.17, 15) is 0 Å². The first-order valence-corrected chi connectivity index (χ1v) is 8.29. The van der Waals surface area contributed by atoms with Crippen molar-refractivity contribution in [2.45, 2.75) is 31.7 Å². The van der Waals surface area contributed by atoms with E-state index in [2.05, 4.69) is 45.0 Å². The van der Waals surface area contributed by atoms with E-state index in [1.165, 1.54) is 11.1 Å². The Morgan fingerprint density at radius 2 is 1.57 bits per heavy atom. The minimum Gasteiger partial charge on any atom is -0.345 e. The number of hydrogen-bond acceptors (Lipinski definition) is 0. The molecule has 1 rings (SSSR count). The third-order valence-electron chi connectivity index (χ3n) is 2.14. The number of hydrogen-bond donors (Lipinski definition) is 0. The quantitative estimate of drug-likeness (QED) is 0.683. The predicted octanol–water partition coefficient (Wildman–Crippen LogP) is 3.63. The van der Waals surface area contributed by atoms with Crippen LogP contribution in [0.4, 0.5) is 0 Å². The van der Waals surface area contributed by atoms with Gasteiger partial charge in [0.05, 0.1) is 0 Å². The Morgan fingerprint density at radius 3 is 2.00 bits per heavy atom. The Kier molecular flexibility index (Phi) is 4.75. The van der Waals surface area contributed by atoms with E-state index in [1.54, 1.807) is 0 Å². The summed E-state index contributed by atoms with van der Waals surface area (Å²) >= 11 is -0.358. The molecule has 0 fully saturated rings. The summed E-state index contributed by atoms with van der Waals surface area (Å²) in [5, 5.41) is 0.